The molecule has 3 heterocycles. The summed E-state index contributed by atoms with van der Waals surface area (Å²) < 4.78 is 5.84. The van der Waals surface area contributed by atoms with E-state index in [9.17, 15) is 9.59 Å². The van der Waals surface area contributed by atoms with Gasteiger partial charge in [-0.2, -0.15) is 0 Å². The van der Waals surface area contributed by atoms with E-state index in [0.29, 0.717) is 23.5 Å². The minimum absolute atomic E-state index is 0.0583. The lowest BCUT2D eigenvalue weighted by atomic mass is 10.1. The Hall–Kier alpha value is -2.93. The maximum absolute atomic E-state index is 13.1. The van der Waals surface area contributed by atoms with E-state index in [2.05, 4.69) is 15.2 Å². The molecule has 2 aromatic rings. The van der Waals surface area contributed by atoms with Gasteiger partial charge in [0.25, 0.3) is 5.91 Å². The largest absolute Gasteiger partial charge is 0.436 e. The Morgan fingerprint density at radius 2 is 1.93 bits per heavy atom. The van der Waals surface area contributed by atoms with Crippen LogP contribution in [0.3, 0.4) is 0 Å². The highest BCUT2D eigenvalue weighted by Crippen LogP contribution is 2.37. The van der Waals surface area contributed by atoms with Gasteiger partial charge in [-0.25, -0.2) is 4.98 Å². The van der Waals surface area contributed by atoms with Gasteiger partial charge in [-0.05, 0) is 63.2 Å². The topological polar surface area (TPSA) is 74.8 Å². The Balaban J connectivity index is 1.40. The molecule has 29 heavy (non-hydrogen) atoms. The van der Waals surface area contributed by atoms with Crippen molar-refractivity contribution in [3.8, 4) is 11.6 Å². The molecular formula is C22H26N4O3. The second-order valence-electron chi connectivity index (χ2n) is 7.42. The summed E-state index contributed by atoms with van der Waals surface area (Å²) in [6.45, 7) is 3.85. The first kappa shape index (κ1) is 19.4. The maximum Gasteiger partial charge on any atom is 0.264 e. The monoisotopic (exact) mass is 394 g/mol. The zero-order chi connectivity index (χ0) is 20.1. The van der Waals surface area contributed by atoms with Crippen LogP contribution in [0.5, 0.6) is 11.6 Å². The second-order valence-corrected chi connectivity index (χ2v) is 7.42. The molecule has 2 aliphatic heterocycles. The zero-order valence-electron chi connectivity index (χ0n) is 16.5. The molecule has 7 heteroatoms. The molecule has 1 N–H and O–H groups in total. The normalized spacial score (nSPS) is 16.4. The summed E-state index contributed by atoms with van der Waals surface area (Å²) in [6.07, 6.45) is 6.34. The smallest absolute Gasteiger partial charge is 0.264 e. The highest BCUT2D eigenvalue weighted by molar-refractivity contribution is 6.11. The number of ether oxygens (including phenoxy) is 1. The van der Waals surface area contributed by atoms with Gasteiger partial charge in [0.05, 0.1) is 5.69 Å². The molecule has 152 valence electrons. The quantitative estimate of drug-likeness (QED) is 0.763. The van der Waals surface area contributed by atoms with Crippen LogP contribution in [-0.4, -0.2) is 54.4 Å². The van der Waals surface area contributed by atoms with Crippen molar-refractivity contribution in [1.82, 2.24) is 15.2 Å². The van der Waals surface area contributed by atoms with Gasteiger partial charge < -0.3 is 15.0 Å². The van der Waals surface area contributed by atoms with Crippen LogP contribution in [0.15, 0.2) is 42.6 Å². The molecule has 0 bridgehead atoms. The Labute approximate surface area is 170 Å². The molecule has 1 aromatic heterocycles. The van der Waals surface area contributed by atoms with Crippen molar-refractivity contribution >= 4 is 17.5 Å². The van der Waals surface area contributed by atoms with Gasteiger partial charge in [-0.15, -0.1) is 0 Å². The average Bonchev–Trinajstić information content (AvgIpc) is 2.87. The van der Waals surface area contributed by atoms with Crippen LogP contribution in [0.25, 0.3) is 0 Å². The highest BCUT2D eigenvalue weighted by atomic mass is 16.5. The first-order valence-electron chi connectivity index (χ1n) is 10.3. The maximum atomic E-state index is 13.1. The number of benzene rings is 1. The van der Waals surface area contributed by atoms with Crippen molar-refractivity contribution in [2.24, 2.45) is 0 Å². The lowest BCUT2D eigenvalue weighted by molar-refractivity contribution is -0.119. The fourth-order valence-electron chi connectivity index (χ4n) is 3.83. The van der Waals surface area contributed by atoms with Crippen LogP contribution in [0, 0.1) is 0 Å². The molecule has 0 spiro atoms. The van der Waals surface area contributed by atoms with E-state index in [-0.39, 0.29) is 24.2 Å². The molecule has 7 nitrogen and oxygen atoms in total. The van der Waals surface area contributed by atoms with Crippen LogP contribution in [0.4, 0.5) is 5.69 Å². The molecule has 0 unspecified atom stereocenters. The van der Waals surface area contributed by atoms with E-state index < -0.39 is 0 Å². The summed E-state index contributed by atoms with van der Waals surface area (Å²) in [5.41, 5.74) is 0.917. The number of carbonyl (C=O) groups excluding carboxylic acids is 2. The Bertz CT molecular complexity index is 880. The molecule has 4 rings (SSSR count). The number of pyridine rings is 1. The first-order valence-corrected chi connectivity index (χ1v) is 10.3. The van der Waals surface area contributed by atoms with Crippen molar-refractivity contribution in [2.45, 2.75) is 25.7 Å². The predicted molar refractivity (Wildman–Crippen MR) is 110 cm³/mol. The molecule has 2 amide bonds. The average molecular weight is 394 g/mol. The number of fused-ring (bicyclic) bond motifs is 2. The number of hydrogen-bond acceptors (Lipinski definition) is 5. The van der Waals surface area contributed by atoms with Crippen molar-refractivity contribution in [2.75, 3.05) is 37.6 Å². The number of aromatic nitrogens is 1. The number of nitrogens with zero attached hydrogens (tertiary/aromatic N) is 3. The van der Waals surface area contributed by atoms with Crippen molar-refractivity contribution in [3.63, 3.8) is 0 Å². The van der Waals surface area contributed by atoms with Crippen molar-refractivity contribution in [1.29, 1.82) is 0 Å². The number of nitrogens with one attached hydrogen (secondary N) is 1. The van der Waals surface area contributed by atoms with E-state index in [0.717, 1.165) is 26.1 Å². The molecule has 1 fully saturated rings. The fourth-order valence-corrected chi connectivity index (χ4v) is 3.83. The van der Waals surface area contributed by atoms with E-state index in [1.165, 1.54) is 24.2 Å². The third-order valence-corrected chi connectivity index (χ3v) is 5.33. The third-order valence-electron chi connectivity index (χ3n) is 5.33. The highest BCUT2D eigenvalue weighted by Gasteiger charge is 2.30. The first-order chi connectivity index (χ1) is 14.2. The zero-order valence-corrected chi connectivity index (χ0v) is 16.5. The van der Waals surface area contributed by atoms with Gasteiger partial charge in [-0.1, -0.05) is 18.6 Å². The molecular weight excluding hydrogens is 368 g/mol. The number of anilines is 1. The van der Waals surface area contributed by atoms with Gasteiger partial charge in [0.1, 0.15) is 12.1 Å². The SMILES string of the molecule is O=C(CN1C(=O)c2cccnc2Oc2ccccc21)NCCCN1CCCCC1. The van der Waals surface area contributed by atoms with E-state index in [4.69, 9.17) is 4.74 Å². The number of piperidine rings is 1. The number of para-hydroxylation sites is 2. The molecule has 2 aliphatic rings. The number of amides is 2. The standard InChI is InChI=1S/C22H26N4O3/c27-20(23-12-7-15-25-13-4-1-5-14-25)16-26-18-9-2-3-10-19(18)29-21-17(22(26)28)8-6-11-24-21/h2-3,6,8-11H,1,4-5,7,12-16H2,(H,23,27). The summed E-state index contributed by atoms with van der Waals surface area (Å²) in [5.74, 6) is 0.297. The summed E-state index contributed by atoms with van der Waals surface area (Å²) >= 11 is 0. The molecule has 0 atom stereocenters. The van der Waals surface area contributed by atoms with E-state index in [1.54, 1.807) is 30.5 Å². The Kier molecular flexibility index (Phi) is 6.05. The minimum Gasteiger partial charge on any atom is -0.436 e. The van der Waals surface area contributed by atoms with Crippen molar-refractivity contribution in [3.05, 3.63) is 48.2 Å². The molecule has 1 saturated heterocycles. The predicted octanol–water partition coefficient (Wildman–Crippen LogP) is 2.83. The summed E-state index contributed by atoms with van der Waals surface area (Å²) in [6, 6.07) is 10.6. The fraction of sp³-hybridized carbons (Fsp3) is 0.409. The van der Waals surface area contributed by atoms with E-state index >= 15 is 0 Å². The van der Waals surface area contributed by atoms with Gasteiger partial charge >= 0.3 is 0 Å². The Morgan fingerprint density at radius 1 is 1.10 bits per heavy atom. The molecule has 0 radical (unpaired) electrons. The van der Waals surface area contributed by atoms with Crippen LogP contribution in [-0.2, 0) is 4.79 Å². The van der Waals surface area contributed by atoms with Gasteiger partial charge in [0, 0.05) is 12.7 Å². The molecule has 0 aliphatic carbocycles. The van der Waals surface area contributed by atoms with Crippen LogP contribution in [0.2, 0.25) is 0 Å². The molecule has 1 aromatic carbocycles. The number of hydrogen-bond donors (Lipinski definition) is 1. The molecule has 0 saturated carbocycles. The third kappa shape index (κ3) is 4.56. The van der Waals surface area contributed by atoms with E-state index in [1.807, 2.05) is 12.1 Å². The van der Waals surface area contributed by atoms with Gasteiger partial charge in [0.15, 0.2) is 5.75 Å². The van der Waals surface area contributed by atoms with Gasteiger partial charge in [-0.3, -0.25) is 14.5 Å². The number of carbonyl (C=O) groups is 2. The van der Waals surface area contributed by atoms with Crippen LogP contribution in [0.1, 0.15) is 36.0 Å². The summed E-state index contributed by atoms with van der Waals surface area (Å²) in [4.78, 5) is 33.7. The van der Waals surface area contributed by atoms with Gasteiger partial charge in [0.2, 0.25) is 11.8 Å². The van der Waals surface area contributed by atoms with Crippen LogP contribution >= 0.6 is 0 Å². The number of likely N-dealkylation sites (tertiary alicyclic amines) is 1. The van der Waals surface area contributed by atoms with Crippen LogP contribution < -0.4 is 15.0 Å². The second kappa shape index (κ2) is 9.05. The minimum atomic E-state index is -0.290. The van der Waals surface area contributed by atoms with Crippen molar-refractivity contribution < 1.29 is 14.3 Å². The lowest BCUT2D eigenvalue weighted by Crippen LogP contribution is -2.41. The summed E-state index contributed by atoms with van der Waals surface area (Å²) in [7, 11) is 0. The summed E-state index contributed by atoms with van der Waals surface area (Å²) in [5, 5.41) is 2.95. The lowest BCUT2D eigenvalue weighted by Gasteiger charge is -2.26. The Morgan fingerprint density at radius 3 is 2.79 bits per heavy atom. The number of rotatable bonds is 6.